The molecule has 9 aromatic carbocycles. The first kappa shape index (κ1) is 34.0. The molecular formula is C55H32N4OS. The molecule has 0 atom stereocenters. The maximum atomic E-state index is 6.62. The van der Waals surface area contributed by atoms with Crippen LogP contribution in [0.15, 0.2) is 199 Å². The van der Waals surface area contributed by atoms with Gasteiger partial charge in [-0.05, 0) is 76.5 Å². The van der Waals surface area contributed by atoms with E-state index in [9.17, 15) is 0 Å². The summed E-state index contributed by atoms with van der Waals surface area (Å²) in [6.45, 7) is 0. The van der Waals surface area contributed by atoms with E-state index in [-0.39, 0.29) is 0 Å². The van der Waals surface area contributed by atoms with Crippen molar-refractivity contribution in [2.75, 3.05) is 0 Å². The zero-order valence-corrected chi connectivity index (χ0v) is 33.4. The van der Waals surface area contributed by atoms with E-state index in [0.717, 1.165) is 66.5 Å². The molecule has 0 amide bonds. The van der Waals surface area contributed by atoms with Crippen LogP contribution in [0.1, 0.15) is 0 Å². The van der Waals surface area contributed by atoms with Gasteiger partial charge >= 0.3 is 0 Å². The molecule has 0 bridgehead atoms. The molecule has 4 aromatic heterocycles. The predicted molar refractivity (Wildman–Crippen MR) is 254 cm³/mol. The Kier molecular flexibility index (Phi) is 7.41. The van der Waals surface area contributed by atoms with Gasteiger partial charge in [-0.1, -0.05) is 140 Å². The van der Waals surface area contributed by atoms with Crippen LogP contribution in [0.4, 0.5) is 0 Å². The third-order valence-electron chi connectivity index (χ3n) is 12.0. The quantitative estimate of drug-likeness (QED) is 0.174. The van der Waals surface area contributed by atoms with Crippen molar-refractivity contribution in [1.82, 2.24) is 19.5 Å². The summed E-state index contributed by atoms with van der Waals surface area (Å²) in [5.41, 5.74) is 9.72. The number of para-hydroxylation sites is 2. The van der Waals surface area contributed by atoms with Crippen LogP contribution in [0.2, 0.25) is 0 Å². The Bertz CT molecular complexity index is 3900. The lowest BCUT2D eigenvalue weighted by Gasteiger charge is -2.16. The average Bonchev–Trinajstić information content (AvgIpc) is 4.00. The molecule has 13 rings (SSSR count). The lowest BCUT2D eigenvalue weighted by Crippen LogP contribution is -2.04. The van der Waals surface area contributed by atoms with Gasteiger partial charge in [-0.3, -0.25) is 0 Å². The molecule has 0 unspecified atom stereocenters. The minimum Gasteiger partial charge on any atom is -0.456 e. The fourth-order valence-corrected chi connectivity index (χ4v) is 10.3. The fourth-order valence-electron chi connectivity index (χ4n) is 9.20. The summed E-state index contributed by atoms with van der Waals surface area (Å²) in [5.74, 6) is 1.79. The number of hydrogen-bond acceptors (Lipinski definition) is 5. The summed E-state index contributed by atoms with van der Waals surface area (Å²) >= 11 is 1.79. The summed E-state index contributed by atoms with van der Waals surface area (Å²) in [5, 5.41) is 9.24. The molecule has 13 aromatic rings. The zero-order chi connectivity index (χ0) is 40.0. The van der Waals surface area contributed by atoms with Crippen molar-refractivity contribution in [3.63, 3.8) is 0 Å². The van der Waals surface area contributed by atoms with Gasteiger partial charge in [-0.25, -0.2) is 15.0 Å². The second-order valence-electron chi connectivity index (χ2n) is 15.6. The maximum Gasteiger partial charge on any atom is 0.166 e. The zero-order valence-electron chi connectivity index (χ0n) is 32.6. The molecule has 61 heavy (non-hydrogen) atoms. The van der Waals surface area contributed by atoms with Gasteiger partial charge < -0.3 is 8.98 Å². The number of furan rings is 1. The molecule has 0 spiro atoms. The van der Waals surface area contributed by atoms with Crippen LogP contribution in [-0.2, 0) is 0 Å². The van der Waals surface area contributed by atoms with E-state index < -0.39 is 0 Å². The van der Waals surface area contributed by atoms with E-state index in [2.05, 4.69) is 180 Å². The molecule has 0 fully saturated rings. The second kappa shape index (κ2) is 13.3. The molecule has 0 radical (unpaired) electrons. The van der Waals surface area contributed by atoms with Crippen molar-refractivity contribution in [3.8, 4) is 51.0 Å². The van der Waals surface area contributed by atoms with Gasteiger partial charge in [0.2, 0.25) is 0 Å². The highest BCUT2D eigenvalue weighted by Gasteiger charge is 2.25. The summed E-state index contributed by atoms with van der Waals surface area (Å²) in [4.78, 5) is 16.1. The van der Waals surface area contributed by atoms with Crippen molar-refractivity contribution in [2.24, 2.45) is 0 Å². The van der Waals surface area contributed by atoms with Crippen molar-refractivity contribution < 1.29 is 4.42 Å². The Labute approximate surface area is 353 Å². The first-order chi connectivity index (χ1) is 30.2. The molecule has 0 aliphatic carbocycles. The Morgan fingerprint density at radius 1 is 0.377 bits per heavy atom. The minimum absolute atomic E-state index is 0.579. The topological polar surface area (TPSA) is 56.7 Å². The number of rotatable bonds is 5. The molecule has 0 saturated carbocycles. The minimum atomic E-state index is 0.579. The second-order valence-corrected chi connectivity index (χ2v) is 16.6. The van der Waals surface area contributed by atoms with E-state index in [1.54, 1.807) is 11.3 Å². The predicted octanol–water partition coefficient (Wildman–Crippen LogP) is 15.1. The maximum absolute atomic E-state index is 6.62. The van der Waals surface area contributed by atoms with Gasteiger partial charge in [0.25, 0.3) is 0 Å². The largest absolute Gasteiger partial charge is 0.456 e. The molecule has 0 aliphatic rings. The van der Waals surface area contributed by atoms with Crippen LogP contribution in [0.5, 0.6) is 0 Å². The van der Waals surface area contributed by atoms with Crippen molar-refractivity contribution in [3.05, 3.63) is 194 Å². The lowest BCUT2D eigenvalue weighted by molar-refractivity contribution is 0.669. The van der Waals surface area contributed by atoms with E-state index in [1.807, 2.05) is 18.2 Å². The standard InChI is InChI=1S/C55H32N4OS/c1-2-13-33(14-3-1)34-17-12-18-37(29-34)53-56-54(38-25-26-41-40-20-8-11-24-49(40)61-50(41)32-38)58-55(57-53)43-27-28-48-51(42-21-7-10-23-47(42)60-48)52(43)59-45-22-9-6-19-39(45)44-30-35-15-4-5-16-36(35)31-46(44)59/h1-32H. The van der Waals surface area contributed by atoms with E-state index >= 15 is 0 Å². The molecule has 0 aliphatic heterocycles. The van der Waals surface area contributed by atoms with Crippen molar-refractivity contribution >= 4 is 86.0 Å². The molecular weight excluding hydrogens is 765 g/mol. The normalized spacial score (nSPS) is 11.9. The first-order valence-electron chi connectivity index (χ1n) is 20.4. The van der Waals surface area contributed by atoms with Gasteiger partial charge in [0.05, 0.1) is 22.1 Å². The van der Waals surface area contributed by atoms with Gasteiger partial charge in [0.1, 0.15) is 11.2 Å². The van der Waals surface area contributed by atoms with Gasteiger partial charge in [-0.2, -0.15) is 0 Å². The van der Waals surface area contributed by atoms with Crippen molar-refractivity contribution in [2.45, 2.75) is 0 Å². The van der Waals surface area contributed by atoms with Gasteiger partial charge in [0.15, 0.2) is 17.5 Å². The van der Waals surface area contributed by atoms with Crippen LogP contribution in [0.25, 0.3) is 126 Å². The smallest absolute Gasteiger partial charge is 0.166 e. The molecule has 6 heteroatoms. The Balaban J connectivity index is 1.13. The van der Waals surface area contributed by atoms with E-state index in [1.165, 1.54) is 41.7 Å². The van der Waals surface area contributed by atoms with Crippen LogP contribution in [0.3, 0.4) is 0 Å². The number of aromatic nitrogens is 4. The number of fused-ring (bicyclic) bond motifs is 10. The summed E-state index contributed by atoms with van der Waals surface area (Å²) in [6.07, 6.45) is 0. The fraction of sp³-hybridized carbons (Fsp3) is 0. The lowest BCUT2D eigenvalue weighted by atomic mass is 10.0. The van der Waals surface area contributed by atoms with Crippen molar-refractivity contribution in [1.29, 1.82) is 0 Å². The first-order valence-corrected chi connectivity index (χ1v) is 21.2. The number of benzene rings is 9. The third kappa shape index (κ3) is 5.36. The highest BCUT2D eigenvalue weighted by molar-refractivity contribution is 7.25. The van der Waals surface area contributed by atoms with Gasteiger partial charge in [-0.15, -0.1) is 11.3 Å². The Hall–Kier alpha value is -7.93. The number of nitrogens with zero attached hydrogens (tertiary/aromatic N) is 4. The molecule has 0 saturated heterocycles. The Morgan fingerprint density at radius 2 is 1.03 bits per heavy atom. The van der Waals surface area contributed by atoms with Gasteiger partial charge in [0, 0.05) is 53.0 Å². The summed E-state index contributed by atoms with van der Waals surface area (Å²) in [6, 6.07) is 68.5. The Morgan fingerprint density at radius 3 is 1.90 bits per heavy atom. The van der Waals surface area contributed by atoms with Crippen LogP contribution >= 0.6 is 11.3 Å². The molecule has 4 heterocycles. The monoisotopic (exact) mass is 796 g/mol. The molecule has 284 valence electrons. The summed E-state index contributed by atoms with van der Waals surface area (Å²) < 4.78 is 11.5. The van der Waals surface area contributed by atoms with E-state index in [0.29, 0.717) is 17.5 Å². The van der Waals surface area contributed by atoms with Crippen LogP contribution in [0, 0.1) is 0 Å². The van der Waals surface area contributed by atoms with E-state index in [4.69, 9.17) is 19.4 Å². The van der Waals surface area contributed by atoms with Crippen LogP contribution in [-0.4, -0.2) is 19.5 Å². The SMILES string of the molecule is c1ccc(-c2cccc(-c3nc(-c4ccc5c(c4)sc4ccccc45)nc(-c4ccc5oc6ccccc6c5c4-n4c5ccccc5c5cc6ccccc6cc54)n3)c2)cc1. The number of thiophene rings is 1. The summed E-state index contributed by atoms with van der Waals surface area (Å²) in [7, 11) is 0. The molecule has 0 N–H and O–H groups in total. The molecule has 5 nitrogen and oxygen atoms in total. The third-order valence-corrected chi connectivity index (χ3v) is 13.2. The number of hydrogen-bond donors (Lipinski definition) is 0. The highest BCUT2D eigenvalue weighted by Crippen LogP contribution is 2.44. The highest BCUT2D eigenvalue weighted by atomic mass is 32.1. The van der Waals surface area contributed by atoms with Crippen LogP contribution < -0.4 is 0 Å². The average molecular weight is 797 g/mol.